The van der Waals surface area contributed by atoms with Gasteiger partial charge in [0, 0.05) is 49.8 Å². The fourth-order valence-corrected chi connectivity index (χ4v) is 3.43. The lowest BCUT2D eigenvalue weighted by molar-refractivity contribution is 0.278. The summed E-state index contributed by atoms with van der Waals surface area (Å²) in [7, 11) is 4.98. The van der Waals surface area contributed by atoms with Crippen molar-refractivity contribution in [3.8, 4) is 11.6 Å². The number of halogens is 1. The molecule has 0 radical (unpaired) electrons. The zero-order valence-electron chi connectivity index (χ0n) is 17.0. The maximum Gasteiger partial charge on any atom is 0.290 e. The van der Waals surface area contributed by atoms with Crippen LogP contribution in [0.1, 0.15) is 23.6 Å². The molecule has 9 nitrogen and oxygen atoms in total. The largest absolute Gasteiger partial charge is 0.495 e. The summed E-state index contributed by atoms with van der Waals surface area (Å²) in [5.74, 6) is 1.88. The third-order valence-corrected chi connectivity index (χ3v) is 5.68. The summed E-state index contributed by atoms with van der Waals surface area (Å²) < 4.78 is 13.9. The number of methoxy groups -OCH3 is 1. The van der Waals surface area contributed by atoms with E-state index in [-0.39, 0.29) is 5.56 Å². The molecule has 1 fully saturated rings. The zero-order chi connectivity index (χ0) is 21.3. The summed E-state index contributed by atoms with van der Waals surface area (Å²) in [6.07, 6.45) is 4.40. The molecule has 1 N–H and O–H groups in total. The van der Waals surface area contributed by atoms with Gasteiger partial charge >= 0.3 is 0 Å². The van der Waals surface area contributed by atoms with E-state index in [2.05, 4.69) is 20.5 Å². The molecule has 2 atom stereocenters. The van der Waals surface area contributed by atoms with E-state index < -0.39 is 0 Å². The molecule has 0 bridgehead atoms. The third kappa shape index (κ3) is 4.25. The Kier molecular flexibility index (Phi) is 5.63. The second-order valence-corrected chi connectivity index (χ2v) is 7.66. The van der Waals surface area contributed by atoms with Crippen LogP contribution in [0, 0.1) is 5.92 Å². The number of nitrogens with one attached hydrogen (secondary N) is 1. The van der Waals surface area contributed by atoms with Gasteiger partial charge in [-0.25, -0.2) is 4.68 Å². The van der Waals surface area contributed by atoms with E-state index in [1.54, 1.807) is 44.3 Å². The van der Waals surface area contributed by atoms with Crippen LogP contribution in [-0.4, -0.2) is 38.3 Å². The van der Waals surface area contributed by atoms with Gasteiger partial charge in [-0.2, -0.15) is 5.10 Å². The Bertz CT molecular complexity index is 1090. The molecule has 1 unspecified atom stereocenters. The highest BCUT2D eigenvalue weighted by molar-refractivity contribution is 6.30. The molecule has 0 spiro atoms. The van der Waals surface area contributed by atoms with Gasteiger partial charge in [0.15, 0.2) is 0 Å². The first-order valence-electron chi connectivity index (χ1n) is 9.57. The van der Waals surface area contributed by atoms with Crippen molar-refractivity contribution in [1.29, 1.82) is 0 Å². The number of rotatable bonds is 8. The van der Waals surface area contributed by atoms with Crippen LogP contribution in [0.4, 0.5) is 5.69 Å². The van der Waals surface area contributed by atoms with Crippen LogP contribution >= 0.6 is 11.6 Å². The Balaban J connectivity index is 1.37. The maximum atomic E-state index is 12.4. The minimum atomic E-state index is -0.242. The van der Waals surface area contributed by atoms with Gasteiger partial charge in [0.2, 0.25) is 5.88 Å². The van der Waals surface area contributed by atoms with Crippen molar-refractivity contribution in [3.05, 3.63) is 57.4 Å². The Morgan fingerprint density at radius 3 is 2.77 bits per heavy atom. The summed E-state index contributed by atoms with van der Waals surface area (Å²) in [6, 6.07) is 5.52. The molecule has 3 aromatic heterocycles. The Morgan fingerprint density at radius 2 is 2.10 bits per heavy atom. The van der Waals surface area contributed by atoms with Gasteiger partial charge in [-0.15, -0.1) is 5.10 Å². The predicted molar refractivity (Wildman–Crippen MR) is 112 cm³/mol. The first kappa shape index (κ1) is 20.2. The zero-order valence-corrected chi connectivity index (χ0v) is 17.8. The molecule has 0 amide bonds. The molecule has 0 aliphatic heterocycles. The van der Waals surface area contributed by atoms with Crippen LogP contribution in [0.3, 0.4) is 0 Å². The van der Waals surface area contributed by atoms with E-state index in [9.17, 15) is 4.79 Å². The van der Waals surface area contributed by atoms with E-state index in [1.807, 2.05) is 12.1 Å². The first-order chi connectivity index (χ1) is 14.5. The Hall–Kier alpha value is -3.07. The molecule has 30 heavy (non-hydrogen) atoms. The highest BCUT2D eigenvalue weighted by atomic mass is 35.5. The molecule has 10 heteroatoms. The standard InChI is InChI=1S/C20H23ClN6O3/c1-26-19(21)13(9-24-26)8-22-17-7-18(25-27(2)20(17)28)30-11-12-6-15(12)16-5-4-14(29-3)10-23-16/h4-5,7,9-10,12,15,22H,6,8,11H2,1-3H3/t12?,15-/m1/s1. The molecule has 0 aromatic carbocycles. The number of hydrogen-bond donors (Lipinski definition) is 1. The van der Waals surface area contributed by atoms with Crippen LogP contribution in [0.15, 0.2) is 35.4 Å². The van der Waals surface area contributed by atoms with E-state index in [1.165, 1.54) is 4.68 Å². The fraction of sp³-hybridized carbons (Fsp3) is 0.400. The summed E-state index contributed by atoms with van der Waals surface area (Å²) in [4.78, 5) is 16.8. The quantitative estimate of drug-likeness (QED) is 0.586. The smallest absolute Gasteiger partial charge is 0.290 e. The minimum absolute atomic E-state index is 0.242. The number of aromatic nitrogens is 5. The topological polar surface area (TPSA) is 96.1 Å². The lowest BCUT2D eigenvalue weighted by Gasteiger charge is -2.10. The van der Waals surface area contributed by atoms with Gasteiger partial charge in [-0.1, -0.05) is 11.6 Å². The van der Waals surface area contributed by atoms with Gasteiger partial charge < -0.3 is 14.8 Å². The summed E-state index contributed by atoms with van der Waals surface area (Å²) >= 11 is 6.18. The molecule has 1 aliphatic rings. The van der Waals surface area contributed by atoms with Gasteiger partial charge in [0.25, 0.3) is 5.56 Å². The van der Waals surface area contributed by atoms with Crippen molar-refractivity contribution in [2.45, 2.75) is 18.9 Å². The lowest BCUT2D eigenvalue weighted by Crippen LogP contribution is -2.24. The van der Waals surface area contributed by atoms with Crippen LogP contribution in [-0.2, 0) is 20.6 Å². The van der Waals surface area contributed by atoms with Crippen molar-refractivity contribution in [2.75, 3.05) is 19.0 Å². The monoisotopic (exact) mass is 430 g/mol. The number of ether oxygens (including phenoxy) is 2. The normalized spacial score (nSPS) is 17.6. The average molecular weight is 431 g/mol. The summed E-state index contributed by atoms with van der Waals surface area (Å²) in [6.45, 7) is 0.886. The highest BCUT2D eigenvalue weighted by Gasteiger charge is 2.40. The summed E-state index contributed by atoms with van der Waals surface area (Å²) in [5.41, 5.74) is 1.99. The van der Waals surface area contributed by atoms with Crippen LogP contribution in [0.5, 0.6) is 11.6 Å². The SMILES string of the molecule is COc1ccc([C@@H]2CC2COc2cc(NCc3cnn(C)c3Cl)c(=O)n(C)n2)nc1. The maximum absolute atomic E-state index is 12.4. The van der Waals surface area contributed by atoms with E-state index in [0.29, 0.717) is 41.7 Å². The molecule has 3 aromatic rings. The number of anilines is 1. The molecular formula is C20H23ClN6O3. The van der Waals surface area contributed by atoms with Crippen molar-refractivity contribution in [2.24, 2.45) is 20.0 Å². The van der Waals surface area contributed by atoms with Crippen molar-refractivity contribution >= 4 is 17.3 Å². The van der Waals surface area contributed by atoms with E-state index in [4.69, 9.17) is 21.1 Å². The molecule has 3 heterocycles. The molecule has 0 saturated heterocycles. The van der Waals surface area contributed by atoms with Gasteiger partial charge in [0.1, 0.15) is 16.6 Å². The van der Waals surface area contributed by atoms with Crippen LogP contribution in [0.25, 0.3) is 0 Å². The van der Waals surface area contributed by atoms with Gasteiger partial charge in [-0.05, 0) is 18.6 Å². The van der Waals surface area contributed by atoms with Crippen LogP contribution < -0.4 is 20.3 Å². The van der Waals surface area contributed by atoms with E-state index in [0.717, 1.165) is 23.4 Å². The second kappa shape index (κ2) is 8.35. The second-order valence-electron chi connectivity index (χ2n) is 7.30. The van der Waals surface area contributed by atoms with Gasteiger partial charge in [0.05, 0.1) is 26.1 Å². The average Bonchev–Trinajstić information content (AvgIpc) is 3.47. The molecule has 4 rings (SSSR count). The molecule has 158 valence electrons. The van der Waals surface area contributed by atoms with Crippen LogP contribution in [0.2, 0.25) is 5.15 Å². The predicted octanol–water partition coefficient (Wildman–Crippen LogP) is 2.37. The number of hydrogen-bond acceptors (Lipinski definition) is 7. The number of nitrogens with zero attached hydrogens (tertiary/aromatic N) is 5. The molecule has 1 saturated carbocycles. The molecular weight excluding hydrogens is 408 g/mol. The van der Waals surface area contributed by atoms with Crippen molar-refractivity contribution < 1.29 is 9.47 Å². The van der Waals surface area contributed by atoms with Gasteiger partial charge in [-0.3, -0.25) is 14.5 Å². The number of pyridine rings is 1. The molecule has 1 aliphatic carbocycles. The third-order valence-electron chi connectivity index (χ3n) is 5.19. The minimum Gasteiger partial charge on any atom is -0.495 e. The fourth-order valence-electron chi connectivity index (χ4n) is 3.27. The first-order valence-corrected chi connectivity index (χ1v) is 9.95. The summed E-state index contributed by atoms with van der Waals surface area (Å²) in [5, 5.41) is 11.9. The Labute approximate surface area is 178 Å². The lowest BCUT2D eigenvalue weighted by atomic mass is 10.2. The van der Waals surface area contributed by atoms with E-state index >= 15 is 0 Å². The Morgan fingerprint density at radius 1 is 1.27 bits per heavy atom. The van der Waals surface area contributed by atoms with Crippen molar-refractivity contribution in [3.63, 3.8) is 0 Å². The highest BCUT2D eigenvalue weighted by Crippen LogP contribution is 2.46. The van der Waals surface area contributed by atoms with Crippen molar-refractivity contribution in [1.82, 2.24) is 24.5 Å². The number of aryl methyl sites for hydroxylation is 2.